The number of likely N-dealkylation sites (N-methyl/N-ethyl adjacent to an activating group) is 1. The molecule has 0 aromatic heterocycles. The lowest BCUT2D eigenvalue weighted by molar-refractivity contribution is -0.116. The lowest BCUT2D eigenvalue weighted by Crippen LogP contribution is -2.41. The van der Waals surface area contributed by atoms with Gasteiger partial charge in [0.05, 0.1) is 21.5 Å². The summed E-state index contributed by atoms with van der Waals surface area (Å²) < 4.78 is 27.4. The molecule has 3 rings (SSSR count). The number of amides is 2. The fourth-order valence-electron chi connectivity index (χ4n) is 3.62. The highest BCUT2D eigenvalue weighted by Gasteiger charge is 2.31. The summed E-state index contributed by atoms with van der Waals surface area (Å²) in [7, 11) is -2.11. The first-order chi connectivity index (χ1) is 15.1. The highest BCUT2D eigenvalue weighted by molar-refractivity contribution is 7.89. The molecular formula is C22H25Cl2N3O4S. The topological polar surface area (TPSA) is 86.8 Å². The molecule has 172 valence electrons. The predicted molar refractivity (Wildman–Crippen MR) is 126 cm³/mol. The largest absolute Gasteiger partial charge is 0.332 e. The maximum Gasteiger partial charge on any atom is 0.254 e. The third kappa shape index (κ3) is 5.61. The molecule has 0 spiro atoms. The van der Waals surface area contributed by atoms with E-state index in [0.29, 0.717) is 27.8 Å². The van der Waals surface area contributed by atoms with Crippen molar-refractivity contribution in [1.29, 1.82) is 0 Å². The van der Waals surface area contributed by atoms with Crippen molar-refractivity contribution in [2.75, 3.05) is 25.5 Å². The Balaban J connectivity index is 1.64. The molecule has 2 aromatic carbocycles. The Labute approximate surface area is 198 Å². The standard InChI is InChI=1S/C22H25Cl2N3O4S/c1-15-5-3-4-12-27(15)32(30,31)18-9-6-16(7-10-18)22(29)26(2)14-21(28)25-17-8-11-19(23)20(24)13-17/h6-11,13,15H,3-5,12,14H2,1-2H3,(H,25,28)/t15-/m1/s1. The van der Waals surface area contributed by atoms with Crippen LogP contribution in [0.1, 0.15) is 36.5 Å². The summed E-state index contributed by atoms with van der Waals surface area (Å²) in [4.78, 5) is 26.4. The molecule has 1 N–H and O–H groups in total. The van der Waals surface area contributed by atoms with Crippen LogP contribution >= 0.6 is 23.2 Å². The van der Waals surface area contributed by atoms with Crippen LogP contribution in [-0.2, 0) is 14.8 Å². The Kier molecular flexibility index (Phi) is 7.82. The van der Waals surface area contributed by atoms with E-state index in [1.807, 2.05) is 6.92 Å². The van der Waals surface area contributed by atoms with Gasteiger partial charge >= 0.3 is 0 Å². The zero-order chi connectivity index (χ0) is 23.5. The van der Waals surface area contributed by atoms with Crippen LogP contribution in [0.2, 0.25) is 10.0 Å². The molecule has 0 aliphatic carbocycles. The van der Waals surface area contributed by atoms with E-state index in [2.05, 4.69) is 5.32 Å². The number of halogens is 2. The summed E-state index contributed by atoms with van der Waals surface area (Å²) in [5.74, 6) is -0.804. The highest BCUT2D eigenvalue weighted by Crippen LogP contribution is 2.26. The maximum atomic E-state index is 12.9. The van der Waals surface area contributed by atoms with E-state index in [0.717, 1.165) is 19.3 Å². The van der Waals surface area contributed by atoms with Crippen LogP contribution in [0.15, 0.2) is 47.4 Å². The normalized spacial score (nSPS) is 17.1. The number of nitrogens with zero attached hydrogens (tertiary/aromatic N) is 2. The molecular weight excluding hydrogens is 473 g/mol. The van der Waals surface area contributed by atoms with Crippen LogP contribution in [0.25, 0.3) is 0 Å². The van der Waals surface area contributed by atoms with Gasteiger partial charge in [-0.3, -0.25) is 9.59 Å². The zero-order valence-corrected chi connectivity index (χ0v) is 20.2. The Hall–Kier alpha value is -2.13. The molecule has 2 amide bonds. The van der Waals surface area contributed by atoms with Gasteiger partial charge in [0, 0.05) is 30.9 Å². The quantitative estimate of drug-likeness (QED) is 0.645. The predicted octanol–water partition coefficient (Wildman–Crippen LogP) is 4.27. The van der Waals surface area contributed by atoms with Gasteiger partial charge < -0.3 is 10.2 Å². The van der Waals surface area contributed by atoms with Crippen LogP contribution in [0.5, 0.6) is 0 Å². The van der Waals surface area contributed by atoms with Gasteiger partial charge in [-0.1, -0.05) is 29.6 Å². The van der Waals surface area contributed by atoms with Crippen LogP contribution in [-0.4, -0.2) is 55.6 Å². The number of carbonyl (C=O) groups excluding carboxylic acids is 2. The number of rotatable bonds is 6. The number of carbonyl (C=O) groups is 2. The fourth-order valence-corrected chi connectivity index (χ4v) is 5.61. The van der Waals surface area contributed by atoms with Crippen molar-refractivity contribution < 1.29 is 18.0 Å². The molecule has 0 bridgehead atoms. The lowest BCUT2D eigenvalue weighted by Gasteiger charge is -2.32. The number of anilines is 1. The van der Waals surface area contributed by atoms with Gasteiger partial charge in [0.2, 0.25) is 15.9 Å². The Morgan fingerprint density at radius 2 is 1.78 bits per heavy atom. The summed E-state index contributed by atoms with van der Waals surface area (Å²) in [6.45, 7) is 2.22. The summed E-state index contributed by atoms with van der Waals surface area (Å²) >= 11 is 11.8. The minimum atomic E-state index is -3.61. The average Bonchev–Trinajstić information content (AvgIpc) is 2.76. The van der Waals surface area contributed by atoms with Gasteiger partial charge in [-0.15, -0.1) is 0 Å². The number of piperidine rings is 1. The van der Waals surface area contributed by atoms with Gasteiger partial charge in [0.15, 0.2) is 0 Å². The van der Waals surface area contributed by atoms with E-state index < -0.39 is 21.8 Å². The van der Waals surface area contributed by atoms with E-state index in [4.69, 9.17) is 23.2 Å². The number of hydrogen-bond acceptors (Lipinski definition) is 4. The summed E-state index contributed by atoms with van der Waals surface area (Å²) in [6.07, 6.45) is 2.70. The number of sulfonamides is 1. The summed E-state index contributed by atoms with van der Waals surface area (Å²) in [6, 6.07) is 10.5. The Morgan fingerprint density at radius 1 is 1.09 bits per heavy atom. The van der Waals surface area contributed by atoms with Crippen molar-refractivity contribution in [3.8, 4) is 0 Å². The van der Waals surface area contributed by atoms with Crippen molar-refractivity contribution in [1.82, 2.24) is 9.21 Å². The van der Waals surface area contributed by atoms with Crippen LogP contribution in [0.4, 0.5) is 5.69 Å². The molecule has 10 heteroatoms. The first-order valence-electron chi connectivity index (χ1n) is 10.2. The molecule has 1 heterocycles. The van der Waals surface area contributed by atoms with Crippen LogP contribution < -0.4 is 5.32 Å². The van der Waals surface area contributed by atoms with Gasteiger partial charge in [-0.05, 0) is 62.2 Å². The molecule has 1 fully saturated rings. The van der Waals surface area contributed by atoms with Gasteiger partial charge in [0.1, 0.15) is 0 Å². The molecule has 2 aromatic rings. The Bertz CT molecular complexity index is 1110. The van der Waals surface area contributed by atoms with E-state index in [-0.39, 0.29) is 17.5 Å². The molecule has 1 atom stereocenters. The molecule has 32 heavy (non-hydrogen) atoms. The summed E-state index contributed by atoms with van der Waals surface area (Å²) in [5, 5.41) is 3.34. The molecule has 1 saturated heterocycles. The second-order valence-corrected chi connectivity index (χ2v) is 10.5. The molecule has 0 radical (unpaired) electrons. The summed E-state index contributed by atoms with van der Waals surface area (Å²) in [5.41, 5.74) is 0.757. The van der Waals surface area contributed by atoms with E-state index >= 15 is 0 Å². The van der Waals surface area contributed by atoms with E-state index in [1.54, 1.807) is 12.1 Å². The van der Waals surface area contributed by atoms with Crippen molar-refractivity contribution in [2.45, 2.75) is 37.1 Å². The lowest BCUT2D eigenvalue weighted by atomic mass is 10.1. The van der Waals surface area contributed by atoms with Crippen molar-refractivity contribution in [3.05, 3.63) is 58.1 Å². The highest BCUT2D eigenvalue weighted by atomic mass is 35.5. The molecule has 1 aliphatic heterocycles. The smallest absolute Gasteiger partial charge is 0.254 e. The number of benzene rings is 2. The number of hydrogen-bond donors (Lipinski definition) is 1. The SMILES string of the molecule is C[C@@H]1CCCCN1S(=O)(=O)c1ccc(C(=O)N(C)CC(=O)Nc2ccc(Cl)c(Cl)c2)cc1. The second-order valence-electron chi connectivity index (χ2n) is 7.82. The Morgan fingerprint density at radius 3 is 2.41 bits per heavy atom. The van der Waals surface area contributed by atoms with Gasteiger partial charge in [0.25, 0.3) is 5.91 Å². The van der Waals surface area contributed by atoms with E-state index in [9.17, 15) is 18.0 Å². The minimum absolute atomic E-state index is 0.0461. The average molecular weight is 498 g/mol. The maximum absolute atomic E-state index is 12.9. The third-order valence-corrected chi connectivity index (χ3v) is 8.15. The van der Waals surface area contributed by atoms with E-state index in [1.165, 1.54) is 46.6 Å². The van der Waals surface area contributed by atoms with Crippen molar-refractivity contribution in [3.63, 3.8) is 0 Å². The second kappa shape index (κ2) is 10.2. The monoisotopic (exact) mass is 497 g/mol. The van der Waals surface area contributed by atoms with Crippen molar-refractivity contribution >= 4 is 50.7 Å². The molecule has 0 unspecified atom stereocenters. The first-order valence-corrected chi connectivity index (χ1v) is 12.4. The molecule has 1 aliphatic rings. The van der Waals surface area contributed by atoms with Gasteiger partial charge in [-0.25, -0.2) is 8.42 Å². The first kappa shape index (κ1) is 24.5. The van der Waals surface area contributed by atoms with Crippen molar-refractivity contribution in [2.24, 2.45) is 0 Å². The molecule has 0 saturated carbocycles. The van der Waals surface area contributed by atoms with Gasteiger partial charge in [-0.2, -0.15) is 4.31 Å². The van der Waals surface area contributed by atoms with Crippen LogP contribution in [0, 0.1) is 0 Å². The third-order valence-electron chi connectivity index (χ3n) is 5.38. The number of nitrogens with one attached hydrogen (secondary N) is 1. The minimum Gasteiger partial charge on any atom is -0.332 e. The van der Waals surface area contributed by atoms with Crippen LogP contribution in [0.3, 0.4) is 0 Å². The zero-order valence-electron chi connectivity index (χ0n) is 17.8. The fraction of sp³-hybridized carbons (Fsp3) is 0.364. The molecule has 7 nitrogen and oxygen atoms in total.